The molecule has 1 aromatic rings. The molecule has 0 aliphatic rings. The Morgan fingerprint density at radius 1 is 1.29 bits per heavy atom. The molecule has 0 radical (unpaired) electrons. The molecule has 0 bridgehead atoms. The van der Waals surface area contributed by atoms with E-state index in [-0.39, 0.29) is 11.6 Å². The van der Waals surface area contributed by atoms with Crippen molar-refractivity contribution in [3.8, 4) is 5.88 Å². The molecule has 1 aromatic heterocycles. The number of rotatable bonds is 8. The Morgan fingerprint density at radius 3 is 2.76 bits per heavy atom. The number of aromatic carboxylic acids is 1. The van der Waals surface area contributed by atoms with Crippen LogP contribution in [-0.2, 0) is 9.47 Å². The van der Waals surface area contributed by atoms with Crippen LogP contribution in [0.2, 0.25) is 0 Å². The molecule has 0 atom stereocenters. The normalized spacial score (nSPS) is 10.2. The number of hydrogen-bond donors (Lipinski definition) is 1. The second-order valence-electron chi connectivity index (χ2n) is 3.12. The summed E-state index contributed by atoms with van der Waals surface area (Å²) in [5.74, 6) is -0.799. The molecule has 0 saturated carbocycles. The fourth-order valence-corrected chi connectivity index (χ4v) is 1.06. The lowest BCUT2D eigenvalue weighted by atomic mass is 10.3. The molecule has 17 heavy (non-hydrogen) atoms. The highest BCUT2D eigenvalue weighted by Crippen LogP contribution is 2.07. The van der Waals surface area contributed by atoms with Crippen LogP contribution in [0, 0.1) is 0 Å². The minimum Gasteiger partial charge on any atom is -0.477 e. The van der Waals surface area contributed by atoms with E-state index in [9.17, 15) is 4.79 Å². The fourth-order valence-electron chi connectivity index (χ4n) is 1.06. The van der Waals surface area contributed by atoms with Crippen molar-refractivity contribution in [2.75, 3.05) is 33.5 Å². The number of nitrogens with zero attached hydrogens (tertiary/aromatic N) is 1. The molecule has 0 fully saturated rings. The Morgan fingerprint density at radius 2 is 2.06 bits per heavy atom. The van der Waals surface area contributed by atoms with E-state index in [0.717, 1.165) is 0 Å². The van der Waals surface area contributed by atoms with E-state index in [4.69, 9.17) is 19.3 Å². The molecule has 0 unspecified atom stereocenters. The monoisotopic (exact) mass is 241 g/mol. The maximum atomic E-state index is 10.6. The molecule has 94 valence electrons. The van der Waals surface area contributed by atoms with Crippen LogP contribution in [0.25, 0.3) is 0 Å². The van der Waals surface area contributed by atoms with Crippen molar-refractivity contribution >= 4 is 5.97 Å². The predicted molar refractivity (Wildman–Crippen MR) is 59.4 cm³/mol. The summed E-state index contributed by atoms with van der Waals surface area (Å²) in [5.41, 5.74) is -0.0391. The van der Waals surface area contributed by atoms with Gasteiger partial charge in [-0.05, 0) is 6.07 Å². The molecule has 0 aliphatic heterocycles. The zero-order valence-corrected chi connectivity index (χ0v) is 9.59. The summed E-state index contributed by atoms with van der Waals surface area (Å²) in [7, 11) is 1.60. The van der Waals surface area contributed by atoms with E-state index in [0.29, 0.717) is 26.4 Å². The van der Waals surface area contributed by atoms with Gasteiger partial charge < -0.3 is 19.3 Å². The molecule has 0 spiro atoms. The first-order valence-electron chi connectivity index (χ1n) is 5.14. The van der Waals surface area contributed by atoms with E-state index in [1.807, 2.05) is 0 Å². The largest absolute Gasteiger partial charge is 0.477 e. The third-order valence-electron chi connectivity index (χ3n) is 1.85. The summed E-state index contributed by atoms with van der Waals surface area (Å²) >= 11 is 0. The number of carboxylic acid groups (broad SMARTS) is 1. The van der Waals surface area contributed by atoms with Crippen LogP contribution < -0.4 is 4.74 Å². The quantitative estimate of drug-likeness (QED) is 0.679. The minimum atomic E-state index is -1.08. The summed E-state index contributed by atoms with van der Waals surface area (Å²) in [5, 5.41) is 8.72. The zero-order valence-electron chi connectivity index (χ0n) is 9.59. The minimum absolute atomic E-state index is 0.0391. The Labute approximate surface area is 99.1 Å². The van der Waals surface area contributed by atoms with Gasteiger partial charge in [-0.15, -0.1) is 0 Å². The van der Waals surface area contributed by atoms with Crippen LogP contribution >= 0.6 is 0 Å². The molecule has 6 nitrogen and oxygen atoms in total. The van der Waals surface area contributed by atoms with Gasteiger partial charge in [-0.1, -0.05) is 6.07 Å². The molecule has 1 heterocycles. The fraction of sp³-hybridized carbons (Fsp3) is 0.455. The van der Waals surface area contributed by atoms with Gasteiger partial charge in [0.2, 0.25) is 5.88 Å². The van der Waals surface area contributed by atoms with Crippen molar-refractivity contribution < 1.29 is 24.1 Å². The Bertz CT molecular complexity index is 355. The number of methoxy groups -OCH3 is 1. The standard InChI is InChI=1S/C11H15NO5/c1-15-5-6-16-7-8-17-10-4-2-3-9(12-10)11(13)14/h2-4H,5-8H2,1H3,(H,13,14). The van der Waals surface area contributed by atoms with Crippen LogP contribution in [0.5, 0.6) is 5.88 Å². The Kier molecular flexibility index (Phi) is 5.98. The Hall–Kier alpha value is -1.66. The van der Waals surface area contributed by atoms with E-state index in [1.165, 1.54) is 6.07 Å². The van der Waals surface area contributed by atoms with Crippen molar-refractivity contribution in [2.45, 2.75) is 0 Å². The van der Waals surface area contributed by atoms with Crippen LogP contribution in [0.4, 0.5) is 0 Å². The number of pyridine rings is 1. The lowest BCUT2D eigenvalue weighted by molar-refractivity contribution is 0.0535. The van der Waals surface area contributed by atoms with Gasteiger partial charge in [-0.2, -0.15) is 0 Å². The number of carboxylic acids is 1. The maximum absolute atomic E-state index is 10.6. The lowest BCUT2D eigenvalue weighted by Gasteiger charge is -2.06. The van der Waals surface area contributed by atoms with E-state index >= 15 is 0 Å². The van der Waals surface area contributed by atoms with Gasteiger partial charge in [0.1, 0.15) is 6.61 Å². The second kappa shape index (κ2) is 7.59. The van der Waals surface area contributed by atoms with Crippen LogP contribution in [0.1, 0.15) is 10.5 Å². The molecule has 1 N–H and O–H groups in total. The molecule has 0 saturated heterocycles. The third kappa shape index (κ3) is 5.28. The molecule has 0 amide bonds. The molecule has 6 heteroatoms. The predicted octanol–water partition coefficient (Wildman–Crippen LogP) is 0.822. The average Bonchev–Trinajstić information content (AvgIpc) is 2.34. The highest BCUT2D eigenvalue weighted by Gasteiger charge is 2.05. The Balaban J connectivity index is 2.27. The van der Waals surface area contributed by atoms with Gasteiger partial charge in [0.15, 0.2) is 5.69 Å². The van der Waals surface area contributed by atoms with E-state index in [2.05, 4.69) is 4.98 Å². The zero-order chi connectivity index (χ0) is 12.5. The summed E-state index contributed by atoms with van der Waals surface area (Å²) in [6, 6.07) is 4.59. The van der Waals surface area contributed by atoms with Crippen molar-refractivity contribution in [1.82, 2.24) is 4.98 Å². The molecule has 0 aliphatic carbocycles. The van der Waals surface area contributed by atoms with E-state index in [1.54, 1.807) is 19.2 Å². The number of carbonyl (C=O) groups is 1. The topological polar surface area (TPSA) is 77.9 Å². The van der Waals surface area contributed by atoms with Crippen molar-refractivity contribution in [3.05, 3.63) is 23.9 Å². The summed E-state index contributed by atoms with van der Waals surface area (Å²) in [6.45, 7) is 1.76. The highest BCUT2D eigenvalue weighted by atomic mass is 16.5. The van der Waals surface area contributed by atoms with Gasteiger partial charge in [0.05, 0.1) is 19.8 Å². The number of aromatic nitrogens is 1. The van der Waals surface area contributed by atoms with Crippen LogP contribution in [0.3, 0.4) is 0 Å². The maximum Gasteiger partial charge on any atom is 0.354 e. The second-order valence-corrected chi connectivity index (χ2v) is 3.12. The van der Waals surface area contributed by atoms with Gasteiger partial charge in [0.25, 0.3) is 0 Å². The number of ether oxygens (including phenoxy) is 3. The van der Waals surface area contributed by atoms with Gasteiger partial charge in [-0.25, -0.2) is 9.78 Å². The van der Waals surface area contributed by atoms with Gasteiger partial charge in [-0.3, -0.25) is 0 Å². The van der Waals surface area contributed by atoms with Crippen molar-refractivity contribution in [3.63, 3.8) is 0 Å². The van der Waals surface area contributed by atoms with Gasteiger partial charge in [0, 0.05) is 13.2 Å². The molecule has 0 aromatic carbocycles. The van der Waals surface area contributed by atoms with Crippen LogP contribution in [-0.4, -0.2) is 49.6 Å². The SMILES string of the molecule is COCCOCCOc1cccc(C(=O)O)n1. The highest BCUT2D eigenvalue weighted by molar-refractivity contribution is 5.85. The van der Waals surface area contributed by atoms with E-state index < -0.39 is 5.97 Å². The summed E-state index contributed by atoms with van der Waals surface area (Å²) in [6.07, 6.45) is 0. The number of hydrogen-bond acceptors (Lipinski definition) is 5. The van der Waals surface area contributed by atoms with Gasteiger partial charge >= 0.3 is 5.97 Å². The first-order valence-corrected chi connectivity index (χ1v) is 5.14. The molecular formula is C11H15NO5. The van der Waals surface area contributed by atoms with Crippen molar-refractivity contribution in [1.29, 1.82) is 0 Å². The smallest absolute Gasteiger partial charge is 0.354 e. The van der Waals surface area contributed by atoms with Crippen LogP contribution in [0.15, 0.2) is 18.2 Å². The summed E-state index contributed by atoms with van der Waals surface area (Å²) in [4.78, 5) is 14.4. The summed E-state index contributed by atoms with van der Waals surface area (Å²) < 4.78 is 15.2. The molecule has 1 rings (SSSR count). The molecular weight excluding hydrogens is 226 g/mol. The first-order chi connectivity index (χ1) is 8.24. The lowest BCUT2D eigenvalue weighted by Crippen LogP contribution is -2.11. The average molecular weight is 241 g/mol. The third-order valence-corrected chi connectivity index (χ3v) is 1.85. The first kappa shape index (κ1) is 13.4. The van der Waals surface area contributed by atoms with Crippen molar-refractivity contribution in [2.24, 2.45) is 0 Å².